The van der Waals surface area contributed by atoms with Crippen molar-refractivity contribution in [2.24, 2.45) is 0 Å². The van der Waals surface area contributed by atoms with E-state index in [-0.39, 0.29) is 0 Å². The Hall–Kier alpha value is -2.66. The first-order chi connectivity index (χ1) is 14.3. The molecule has 2 unspecified atom stereocenters. The minimum atomic E-state index is 0.693. The zero-order chi connectivity index (χ0) is 18.9. The molecule has 3 aliphatic rings. The first-order valence-electron chi connectivity index (χ1n) is 11.1. The van der Waals surface area contributed by atoms with Crippen LogP contribution in [-0.2, 0) is 13.0 Å². The predicted octanol–water partition coefficient (Wildman–Crippen LogP) is 4.52. The number of aromatic nitrogens is 4. The van der Waals surface area contributed by atoms with Gasteiger partial charge >= 0.3 is 0 Å². The average Bonchev–Trinajstić information content (AvgIpc) is 3.34. The van der Waals surface area contributed by atoms with E-state index in [2.05, 4.69) is 44.8 Å². The zero-order valence-electron chi connectivity index (χ0n) is 16.5. The lowest BCUT2D eigenvalue weighted by Crippen LogP contribution is -2.48. The van der Waals surface area contributed by atoms with Crippen molar-refractivity contribution >= 4 is 22.1 Å². The number of nitrogens with zero attached hydrogens (tertiary/aromatic N) is 4. The third-order valence-corrected chi connectivity index (χ3v) is 7.47. The second-order valence-corrected chi connectivity index (χ2v) is 9.07. The van der Waals surface area contributed by atoms with Crippen LogP contribution in [0.15, 0.2) is 42.5 Å². The summed E-state index contributed by atoms with van der Waals surface area (Å²) in [6.07, 6.45) is 8.00. The lowest BCUT2D eigenvalue weighted by molar-refractivity contribution is 0.0739. The van der Waals surface area contributed by atoms with E-state index >= 15 is 0 Å². The molecule has 29 heavy (non-hydrogen) atoms. The third-order valence-electron chi connectivity index (χ3n) is 7.47. The molecule has 0 spiro atoms. The molecule has 5 heteroatoms. The molecule has 1 saturated carbocycles. The maximum Gasteiger partial charge on any atom is 0.138 e. The van der Waals surface area contributed by atoms with Crippen molar-refractivity contribution in [2.45, 2.75) is 63.2 Å². The molecule has 7 rings (SSSR count). The van der Waals surface area contributed by atoms with E-state index in [0.717, 1.165) is 46.9 Å². The smallest absolute Gasteiger partial charge is 0.138 e. The topological polar surface area (TPSA) is 49.7 Å². The van der Waals surface area contributed by atoms with Crippen molar-refractivity contribution in [2.75, 3.05) is 0 Å². The van der Waals surface area contributed by atoms with Gasteiger partial charge in [-0.25, -0.2) is 9.97 Å². The predicted molar refractivity (Wildman–Crippen MR) is 115 cm³/mol. The van der Waals surface area contributed by atoms with Crippen LogP contribution in [0.4, 0.5) is 0 Å². The van der Waals surface area contributed by atoms with E-state index in [9.17, 15) is 0 Å². The van der Waals surface area contributed by atoms with Gasteiger partial charge in [-0.1, -0.05) is 18.6 Å². The molecule has 2 atom stereocenters. The van der Waals surface area contributed by atoms with Crippen molar-refractivity contribution in [1.82, 2.24) is 24.4 Å². The highest BCUT2D eigenvalue weighted by Crippen LogP contribution is 2.39. The van der Waals surface area contributed by atoms with E-state index in [1.54, 1.807) is 0 Å². The molecule has 0 radical (unpaired) electrons. The van der Waals surface area contributed by atoms with Crippen LogP contribution in [0.5, 0.6) is 0 Å². The molecule has 4 heterocycles. The molecule has 1 saturated heterocycles. The van der Waals surface area contributed by atoms with Crippen molar-refractivity contribution in [3.8, 4) is 11.4 Å². The maximum absolute atomic E-state index is 5.10. The Balaban J connectivity index is 1.28. The van der Waals surface area contributed by atoms with Crippen molar-refractivity contribution < 1.29 is 0 Å². The number of hydrogen-bond acceptors (Lipinski definition) is 3. The number of para-hydroxylation sites is 2. The van der Waals surface area contributed by atoms with Gasteiger partial charge in [0.25, 0.3) is 0 Å². The van der Waals surface area contributed by atoms with Crippen LogP contribution in [0.2, 0.25) is 0 Å². The van der Waals surface area contributed by atoms with Crippen LogP contribution >= 0.6 is 0 Å². The summed E-state index contributed by atoms with van der Waals surface area (Å²) in [5.74, 6) is 2.20. The van der Waals surface area contributed by atoms with Crippen molar-refractivity contribution in [3.05, 3.63) is 48.3 Å². The lowest BCUT2D eigenvalue weighted by Gasteiger charge is -2.41. The summed E-state index contributed by atoms with van der Waals surface area (Å²) in [7, 11) is 0. The number of hydrogen-bond donors (Lipinski definition) is 1. The molecule has 2 aromatic carbocycles. The average molecular weight is 383 g/mol. The third kappa shape index (κ3) is 2.37. The van der Waals surface area contributed by atoms with Gasteiger partial charge in [-0.3, -0.25) is 4.90 Å². The summed E-state index contributed by atoms with van der Waals surface area (Å²) >= 11 is 0. The minimum absolute atomic E-state index is 0.693. The summed E-state index contributed by atoms with van der Waals surface area (Å²) in [4.78, 5) is 16.2. The van der Waals surface area contributed by atoms with Crippen LogP contribution < -0.4 is 0 Å². The van der Waals surface area contributed by atoms with Gasteiger partial charge in [-0.15, -0.1) is 0 Å². The normalized spacial score (nSPS) is 24.7. The number of aromatic amines is 1. The first kappa shape index (κ1) is 16.2. The molecule has 2 aliphatic heterocycles. The highest BCUT2D eigenvalue weighted by molar-refractivity contribution is 5.84. The summed E-state index contributed by atoms with van der Waals surface area (Å²) in [6, 6.07) is 17.1. The summed E-state index contributed by atoms with van der Waals surface area (Å²) in [5.41, 5.74) is 5.59. The Morgan fingerprint density at radius 3 is 2.62 bits per heavy atom. The van der Waals surface area contributed by atoms with Crippen molar-refractivity contribution in [1.29, 1.82) is 0 Å². The van der Waals surface area contributed by atoms with Gasteiger partial charge in [0.15, 0.2) is 0 Å². The monoisotopic (exact) mass is 383 g/mol. The molecule has 1 aliphatic carbocycles. The highest BCUT2D eigenvalue weighted by Gasteiger charge is 2.42. The molecule has 0 amide bonds. The molecular weight excluding hydrogens is 358 g/mol. The van der Waals surface area contributed by atoms with Gasteiger partial charge in [0.05, 0.1) is 22.1 Å². The van der Waals surface area contributed by atoms with Crippen LogP contribution in [0.25, 0.3) is 33.5 Å². The van der Waals surface area contributed by atoms with Crippen LogP contribution in [0.1, 0.15) is 37.9 Å². The Morgan fingerprint density at radius 1 is 0.862 bits per heavy atom. The van der Waals surface area contributed by atoms with Crippen molar-refractivity contribution in [3.63, 3.8) is 0 Å². The van der Waals surface area contributed by atoms with E-state index in [1.165, 1.54) is 43.4 Å². The summed E-state index contributed by atoms with van der Waals surface area (Å²) in [6.45, 7) is 1.10. The SMILES string of the molecule is c1ccc2[nH]c(-c3ccc4c(c3)nc3n4CC4CCC(C3)N4C3CCC3)nc2c1. The molecule has 4 aromatic rings. The highest BCUT2D eigenvalue weighted by atomic mass is 15.3. The standard InChI is InChI=1S/C24H25N5/c1-2-7-20-19(6-1)26-24(27-20)15-8-11-22-21(12-15)25-23-13-17-9-10-18(14-28(22)23)29(17)16-4-3-5-16/h1-2,6-8,11-12,16-18H,3-5,9-10,13-14H2,(H,26,27). The van der Waals surface area contributed by atoms with Gasteiger partial charge in [0, 0.05) is 36.7 Å². The summed E-state index contributed by atoms with van der Waals surface area (Å²) in [5, 5.41) is 0. The molecule has 5 nitrogen and oxygen atoms in total. The van der Waals surface area contributed by atoms with E-state index in [1.807, 2.05) is 12.1 Å². The Kier molecular flexibility index (Phi) is 3.30. The fraction of sp³-hybridized carbons (Fsp3) is 0.417. The molecule has 2 bridgehead atoms. The van der Waals surface area contributed by atoms with Crippen LogP contribution in [-0.4, -0.2) is 42.5 Å². The van der Waals surface area contributed by atoms with Gasteiger partial charge < -0.3 is 9.55 Å². The van der Waals surface area contributed by atoms with Gasteiger partial charge in [-0.2, -0.15) is 0 Å². The largest absolute Gasteiger partial charge is 0.338 e. The molecule has 2 aromatic heterocycles. The fourth-order valence-corrected chi connectivity index (χ4v) is 5.85. The van der Waals surface area contributed by atoms with Gasteiger partial charge in [0.2, 0.25) is 0 Å². The minimum Gasteiger partial charge on any atom is -0.338 e. The number of benzene rings is 2. The van der Waals surface area contributed by atoms with Gasteiger partial charge in [-0.05, 0) is 56.0 Å². The second kappa shape index (κ2) is 5.92. The summed E-state index contributed by atoms with van der Waals surface area (Å²) < 4.78 is 2.51. The Morgan fingerprint density at radius 2 is 1.76 bits per heavy atom. The van der Waals surface area contributed by atoms with Crippen LogP contribution in [0, 0.1) is 0 Å². The molecule has 2 fully saturated rings. The Labute approximate surface area is 169 Å². The number of H-pyrrole nitrogens is 1. The molecular formula is C24H25N5. The quantitative estimate of drug-likeness (QED) is 0.554. The number of nitrogens with one attached hydrogen (secondary N) is 1. The number of rotatable bonds is 2. The first-order valence-corrected chi connectivity index (χ1v) is 11.1. The van der Waals surface area contributed by atoms with E-state index in [0.29, 0.717) is 12.1 Å². The van der Waals surface area contributed by atoms with Gasteiger partial charge in [0.1, 0.15) is 11.6 Å². The molecule has 146 valence electrons. The maximum atomic E-state index is 5.10. The number of fused-ring (bicyclic) bond motifs is 6. The van der Waals surface area contributed by atoms with E-state index < -0.39 is 0 Å². The lowest BCUT2D eigenvalue weighted by atomic mass is 9.90. The van der Waals surface area contributed by atoms with Crippen LogP contribution in [0.3, 0.4) is 0 Å². The number of imidazole rings is 2. The second-order valence-electron chi connectivity index (χ2n) is 9.07. The van der Waals surface area contributed by atoms with E-state index in [4.69, 9.17) is 9.97 Å². The molecule has 1 N–H and O–H groups in total. The zero-order valence-corrected chi connectivity index (χ0v) is 16.5. The fourth-order valence-electron chi connectivity index (χ4n) is 5.85. The Bertz CT molecular complexity index is 1200.